The fourth-order valence-corrected chi connectivity index (χ4v) is 4.09. The van der Waals surface area contributed by atoms with Crippen LogP contribution in [0.15, 0.2) is 0 Å². The number of rotatable bonds is 3. The maximum atomic E-state index is 5.38. The fourth-order valence-electron chi connectivity index (χ4n) is 0.637. The van der Waals surface area contributed by atoms with Crippen LogP contribution in [0.1, 0.15) is 27.7 Å². The van der Waals surface area contributed by atoms with Crippen LogP contribution < -0.4 is 0 Å². The zero-order valence-electron chi connectivity index (χ0n) is 7.47. The van der Waals surface area contributed by atoms with E-state index >= 15 is 0 Å². The van der Waals surface area contributed by atoms with Crippen LogP contribution in [-0.4, -0.2) is 18.0 Å². The highest BCUT2D eigenvalue weighted by Crippen LogP contribution is 2.59. The van der Waals surface area contributed by atoms with Crippen molar-refractivity contribution in [2.75, 3.05) is 12.9 Å². The predicted octanol–water partition coefficient (Wildman–Crippen LogP) is 3.50. The summed E-state index contributed by atoms with van der Waals surface area (Å²) in [7, 11) is 1.52. The Morgan fingerprint density at radius 3 is 2.00 bits per heavy atom. The highest BCUT2D eigenvalue weighted by Gasteiger charge is 2.24. The Morgan fingerprint density at radius 1 is 1.40 bits per heavy atom. The van der Waals surface area contributed by atoms with E-state index in [1.54, 1.807) is 7.11 Å². The van der Waals surface area contributed by atoms with Crippen LogP contribution in [0.4, 0.5) is 0 Å². The minimum absolute atomic E-state index is 0.283. The summed E-state index contributed by atoms with van der Waals surface area (Å²) in [6.45, 7) is 8.85. The maximum Gasteiger partial charge on any atom is 0.0937 e. The van der Waals surface area contributed by atoms with Gasteiger partial charge in [0.1, 0.15) is 0 Å². The molecule has 0 saturated heterocycles. The van der Waals surface area contributed by atoms with Gasteiger partial charge in [-0.05, 0) is 5.75 Å². The molecule has 0 spiro atoms. The first-order valence-corrected chi connectivity index (χ1v) is 6.34. The summed E-state index contributed by atoms with van der Waals surface area (Å²) >= 11 is 1.93. The standard InChI is InChI=1S/C7H17OPS/c1-6-10-9(8-5)7(2,3)4/h6H2,1-5H3. The van der Waals surface area contributed by atoms with Gasteiger partial charge in [-0.25, -0.2) is 0 Å². The van der Waals surface area contributed by atoms with Crippen molar-refractivity contribution in [1.82, 2.24) is 0 Å². The fraction of sp³-hybridized carbons (Fsp3) is 1.00. The van der Waals surface area contributed by atoms with Crippen molar-refractivity contribution in [3.8, 4) is 0 Å². The van der Waals surface area contributed by atoms with Gasteiger partial charge in [-0.15, -0.1) is 11.4 Å². The normalized spacial score (nSPS) is 15.3. The summed E-state index contributed by atoms with van der Waals surface area (Å²) in [5.41, 5.74) is 0. The molecule has 0 aromatic carbocycles. The molecule has 1 nitrogen and oxygen atoms in total. The quantitative estimate of drug-likeness (QED) is 0.615. The third-order valence-corrected chi connectivity index (χ3v) is 6.45. The van der Waals surface area contributed by atoms with Crippen LogP contribution in [0.5, 0.6) is 0 Å². The molecule has 0 fully saturated rings. The third kappa shape index (κ3) is 3.80. The van der Waals surface area contributed by atoms with Gasteiger partial charge in [-0.3, -0.25) is 0 Å². The van der Waals surface area contributed by atoms with Crippen LogP contribution in [-0.2, 0) is 4.52 Å². The Morgan fingerprint density at radius 2 is 1.90 bits per heavy atom. The van der Waals surface area contributed by atoms with Gasteiger partial charge in [0.25, 0.3) is 0 Å². The van der Waals surface area contributed by atoms with Crippen LogP contribution in [0.2, 0.25) is 0 Å². The first-order valence-electron chi connectivity index (χ1n) is 3.49. The van der Waals surface area contributed by atoms with Crippen molar-refractivity contribution in [3.05, 3.63) is 0 Å². The van der Waals surface area contributed by atoms with E-state index in [1.807, 2.05) is 11.4 Å². The monoisotopic (exact) mass is 180 g/mol. The zero-order valence-corrected chi connectivity index (χ0v) is 9.18. The second-order valence-electron chi connectivity index (χ2n) is 3.03. The summed E-state index contributed by atoms with van der Waals surface area (Å²) in [4.78, 5) is 0. The van der Waals surface area contributed by atoms with Crippen LogP contribution in [0.25, 0.3) is 0 Å². The van der Waals surface area contributed by atoms with Gasteiger partial charge in [0.2, 0.25) is 0 Å². The van der Waals surface area contributed by atoms with E-state index in [0.29, 0.717) is 5.16 Å². The molecule has 0 rings (SSSR count). The Bertz CT molecular complexity index is 90.1. The average molecular weight is 180 g/mol. The molecule has 0 saturated carbocycles. The molecule has 0 aliphatic rings. The molecule has 1 atom stereocenters. The van der Waals surface area contributed by atoms with E-state index in [2.05, 4.69) is 27.7 Å². The smallest absolute Gasteiger partial charge is 0.0937 e. The van der Waals surface area contributed by atoms with Gasteiger partial charge in [-0.1, -0.05) is 27.7 Å². The minimum Gasteiger partial charge on any atom is -0.351 e. The van der Waals surface area contributed by atoms with Crippen LogP contribution >= 0.6 is 18.7 Å². The molecule has 10 heavy (non-hydrogen) atoms. The lowest BCUT2D eigenvalue weighted by molar-refractivity contribution is 0.454. The van der Waals surface area contributed by atoms with E-state index in [9.17, 15) is 0 Å². The minimum atomic E-state index is -0.283. The van der Waals surface area contributed by atoms with Crippen molar-refractivity contribution in [1.29, 1.82) is 0 Å². The molecule has 3 heteroatoms. The van der Waals surface area contributed by atoms with E-state index in [0.717, 1.165) is 5.75 Å². The highest BCUT2D eigenvalue weighted by atomic mass is 32.7. The first kappa shape index (κ1) is 10.7. The molecule has 62 valence electrons. The topological polar surface area (TPSA) is 9.23 Å². The number of hydrogen-bond donors (Lipinski definition) is 0. The SMILES string of the molecule is CCSP(OC)C(C)(C)C. The molecule has 0 aliphatic heterocycles. The third-order valence-electron chi connectivity index (χ3n) is 0.960. The molecule has 0 aromatic heterocycles. The lowest BCUT2D eigenvalue weighted by Gasteiger charge is -2.27. The van der Waals surface area contributed by atoms with Crippen molar-refractivity contribution in [2.45, 2.75) is 32.9 Å². The molecule has 0 N–H and O–H groups in total. The lowest BCUT2D eigenvalue weighted by atomic mass is 10.3. The van der Waals surface area contributed by atoms with Gasteiger partial charge in [0.15, 0.2) is 0 Å². The predicted molar refractivity (Wildman–Crippen MR) is 51.8 cm³/mol. The Hall–Kier alpha value is 0.740. The largest absolute Gasteiger partial charge is 0.351 e. The highest BCUT2D eigenvalue weighted by molar-refractivity contribution is 8.54. The van der Waals surface area contributed by atoms with Crippen LogP contribution in [0.3, 0.4) is 0 Å². The van der Waals surface area contributed by atoms with Crippen molar-refractivity contribution < 1.29 is 4.52 Å². The molecule has 0 heterocycles. The lowest BCUT2D eigenvalue weighted by Crippen LogP contribution is -2.10. The van der Waals surface area contributed by atoms with E-state index < -0.39 is 0 Å². The van der Waals surface area contributed by atoms with Crippen molar-refractivity contribution >= 4 is 18.7 Å². The maximum absolute atomic E-state index is 5.38. The Labute approximate surface area is 69.5 Å². The van der Waals surface area contributed by atoms with Crippen molar-refractivity contribution in [2.24, 2.45) is 0 Å². The Balaban J connectivity index is 3.81. The summed E-state index contributed by atoms with van der Waals surface area (Å²) < 4.78 is 5.38. The summed E-state index contributed by atoms with van der Waals surface area (Å²) in [6.07, 6.45) is 0. The second kappa shape index (κ2) is 4.58. The first-order chi connectivity index (χ1) is 4.52. The van der Waals surface area contributed by atoms with Gasteiger partial charge < -0.3 is 4.52 Å². The molecule has 0 bridgehead atoms. The molecule has 0 radical (unpaired) electrons. The van der Waals surface area contributed by atoms with Gasteiger partial charge >= 0.3 is 0 Å². The average Bonchev–Trinajstić information content (AvgIpc) is 1.80. The van der Waals surface area contributed by atoms with Gasteiger partial charge in [0, 0.05) is 12.3 Å². The molecular weight excluding hydrogens is 163 g/mol. The van der Waals surface area contributed by atoms with E-state index in [4.69, 9.17) is 4.52 Å². The zero-order chi connectivity index (χ0) is 8.20. The van der Waals surface area contributed by atoms with Gasteiger partial charge in [0.05, 0.1) is 7.35 Å². The molecule has 0 aromatic rings. The van der Waals surface area contributed by atoms with E-state index in [-0.39, 0.29) is 7.35 Å². The molecular formula is C7H17OPS. The van der Waals surface area contributed by atoms with Gasteiger partial charge in [-0.2, -0.15) is 0 Å². The van der Waals surface area contributed by atoms with E-state index in [1.165, 1.54) is 0 Å². The number of hydrogen-bond acceptors (Lipinski definition) is 2. The Kier molecular flexibility index (Phi) is 4.92. The second-order valence-corrected chi connectivity index (χ2v) is 7.85. The summed E-state index contributed by atoms with van der Waals surface area (Å²) in [5, 5.41) is 0.324. The molecule has 0 aliphatic carbocycles. The molecule has 1 unspecified atom stereocenters. The van der Waals surface area contributed by atoms with Crippen LogP contribution in [0, 0.1) is 0 Å². The van der Waals surface area contributed by atoms with Crippen molar-refractivity contribution in [3.63, 3.8) is 0 Å². The summed E-state index contributed by atoms with van der Waals surface area (Å²) in [6, 6.07) is 0. The summed E-state index contributed by atoms with van der Waals surface area (Å²) in [5.74, 6) is 1.15. The molecule has 0 amide bonds.